The van der Waals surface area contributed by atoms with Gasteiger partial charge >= 0.3 is 0 Å². The maximum absolute atomic E-state index is 6.02. The number of hydrogen-bond donors (Lipinski definition) is 0. The van der Waals surface area contributed by atoms with Crippen molar-refractivity contribution < 1.29 is 0 Å². The molecule has 0 unspecified atom stereocenters. The average Bonchev–Trinajstić information content (AvgIpc) is 2.93. The van der Waals surface area contributed by atoms with Crippen molar-refractivity contribution in [3.8, 4) is 0 Å². The summed E-state index contributed by atoms with van der Waals surface area (Å²) in [6.45, 7) is 34.7. The van der Waals surface area contributed by atoms with Crippen LogP contribution in [0.4, 0.5) is 0 Å². The minimum Gasteiger partial charge on any atom is -0.0841 e. The molecule has 0 atom stereocenters. The van der Waals surface area contributed by atoms with Gasteiger partial charge in [-0.1, -0.05) is 178 Å². The molecule has 0 aliphatic carbocycles. The molecule has 0 heterocycles. The summed E-state index contributed by atoms with van der Waals surface area (Å²) in [5, 5.41) is 2.96. The first-order valence-corrected chi connectivity index (χ1v) is 18.2. The van der Waals surface area contributed by atoms with Gasteiger partial charge in [0.25, 0.3) is 0 Å². The second kappa shape index (κ2) is 17.8. The van der Waals surface area contributed by atoms with Gasteiger partial charge in [-0.25, -0.2) is 0 Å². The van der Waals surface area contributed by atoms with Crippen LogP contribution in [-0.2, 0) is 21.7 Å². The number of aryl methyl sites for hydroxylation is 4. The van der Waals surface area contributed by atoms with E-state index in [1.54, 1.807) is 0 Å². The summed E-state index contributed by atoms with van der Waals surface area (Å²) < 4.78 is 0. The first kappa shape index (κ1) is 44.1. The van der Waals surface area contributed by atoms with E-state index in [2.05, 4.69) is 145 Å². The minimum atomic E-state index is 0.133. The molecule has 0 aromatic heterocycles. The van der Waals surface area contributed by atoms with Crippen molar-refractivity contribution in [1.82, 2.24) is 0 Å². The first-order chi connectivity index (χ1) is 21.6. The van der Waals surface area contributed by atoms with Crippen LogP contribution >= 0.6 is 46.4 Å². The molecular formula is C44H60Cl4. The van der Waals surface area contributed by atoms with Gasteiger partial charge in [0.15, 0.2) is 0 Å². The molecular weight excluding hydrogens is 670 g/mol. The molecule has 0 saturated heterocycles. The molecule has 264 valence electrons. The fourth-order valence-corrected chi connectivity index (χ4v) is 4.94. The summed E-state index contributed by atoms with van der Waals surface area (Å²) >= 11 is 23.6. The van der Waals surface area contributed by atoms with E-state index in [-0.39, 0.29) is 21.7 Å². The Morgan fingerprint density at radius 1 is 0.292 bits per heavy atom. The molecule has 0 N–H and O–H groups in total. The van der Waals surface area contributed by atoms with Crippen molar-refractivity contribution in [3.63, 3.8) is 0 Å². The van der Waals surface area contributed by atoms with Gasteiger partial charge in [-0.15, -0.1) is 0 Å². The van der Waals surface area contributed by atoms with Crippen LogP contribution in [0.1, 0.15) is 128 Å². The van der Waals surface area contributed by atoms with E-state index in [0.29, 0.717) is 10.0 Å². The molecule has 0 aliphatic heterocycles. The minimum absolute atomic E-state index is 0.133. The van der Waals surface area contributed by atoms with Gasteiger partial charge in [-0.2, -0.15) is 0 Å². The fourth-order valence-electron chi connectivity index (χ4n) is 4.34. The molecule has 4 aromatic carbocycles. The molecule has 48 heavy (non-hydrogen) atoms. The molecule has 0 radical (unpaired) electrons. The molecule has 4 aromatic rings. The molecule has 0 saturated carbocycles. The lowest BCUT2D eigenvalue weighted by Crippen LogP contribution is -2.11. The molecule has 0 spiro atoms. The predicted octanol–water partition coefficient (Wildman–Crippen LogP) is 15.8. The Bertz CT molecular complexity index is 1370. The van der Waals surface area contributed by atoms with Crippen LogP contribution in [0.2, 0.25) is 20.1 Å². The highest BCUT2D eigenvalue weighted by molar-refractivity contribution is 6.42. The lowest BCUT2D eigenvalue weighted by molar-refractivity contribution is 0.589. The van der Waals surface area contributed by atoms with Gasteiger partial charge in [0, 0.05) is 10.0 Å². The van der Waals surface area contributed by atoms with Crippen molar-refractivity contribution in [2.24, 2.45) is 0 Å². The number of hydrogen-bond acceptors (Lipinski definition) is 0. The number of benzene rings is 4. The van der Waals surface area contributed by atoms with Crippen LogP contribution in [0.25, 0.3) is 0 Å². The van der Waals surface area contributed by atoms with Gasteiger partial charge in [-0.3, -0.25) is 0 Å². The van der Waals surface area contributed by atoms with Crippen LogP contribution in [0.5, 0.6) is 0 Å². The van der Waals surface area contributed by atoms with E-state index in [4.69, 9.17) is 46.4 Å². The van der Waals surface area contributed by atoms with Crippen LogP contribution in [0.15, 0.2) is 72.8 Å². The van der Waals surface area contributed by atoms with E-state index < -0.39 is 0 Å². The van der Waals surface area contributed by atoms with E-state index in [1.807, 2.05) is 38.1 Å². The summed E-state index contributed by atoms with van der Waals surface area (Å²) in [4.78, 5) is 0. The number of rotatable bonds is 0. The largest absolute Gasteiger partial charge is 0.0841 e. The SMILES string of the molecule is CC(C)(C)c1ccc(Cl)c(Cl)c1.Cc1cc(C(C)(C)C)ccc1Cl.Cc1ccc(C(C)(C)C)cc1C.Cc1ccc(C(C)(C)C)cc1Cl. The molecule has 0 fully saturated rings. The summed E-state index contributed by atoms with van der Waals surface area (Å²) in [6.07, 6.45) is 0. The zero-order chi connectivity index (χ0) is 37.4. The molecule has 4 rings (SSSR count). The van der Waals surface area contributed by atoms with E-state index >= 15 is 0 Å². The molecule has 0 aliphatic rings. The Labute approximate surface area is 314 Å². The van der Waals surface area contributed by atoms with Crippen LogP contribution < -0.4 is 0 Å². The predicted molar refractivity (Wildman–Crippen MR) is 220 cm³/mol. The summed E-state index contributed by atoms with van der Waals surface area (Å²) in [7, 11) is 0. The highest BCUT2D eigenvalue weighted by Gasteiger charge is 2.16. The Morgan fingerprint density at radius 3 is 0.938 bits per heavy atom. The van der Waals surface area contributed by atoms with Gasteiger partial charge in [0.1, 0.15) is 0 Å². The number of halogens is 4. The molecule has 0 bridgehead atoms. The quantitative estimate of drug-likeness (QED) is 0.169. The average molecular weight is 731 g/mol. The van der Waals surface area contributed by atoms with E-state index in [0.717, 1.165) is 21.2 Å². The Balaban J connectivity index is 0.000000320. The molecule has 4 heteroatoms. The second-order valence-corrected chi connectivity index (χ2v) is 18.5. The second-order valence-electron chi connectivity index (χ2n) is 16.9. The van der Waals surface area contributed by atoms with Gasteiger partial charge in [0.05, 0.1) is 10.0 Å². The first-order valence-electron chi connectivity index (χ1n) is 16.7. The van der Waals surface area contributed by atoms with E-state index in [1.165, 1.54) is 33.4 Å². The van der Waals surface area contributed by atoms with Crippen LogP contribution in [0, 0.1) is 27.7 Å². The normalized spacial score (nSPS) is 11.8. The van der Waals surface area contributed by atoms with E-state index in [9.17, 15) is 0 Å². The third-order valence-corrected chi connectivity index (χ3v) is 9.79. The molecule has 0 nitrogen and oxygen atoms in total. The van der Waals surface area contributed by atoms with Crippen LogP contribution in [0.3, 0.4) is 0 Å². The van der Waals surface area contributed by atoms with Crippen LogP contribution in [-0.4, -0.2) is 0 Å². The summed E-state index contributed by atoms with van der Waals surface area (Å²) in [5.74, 6) is 0. The van der Waals surface area contributed by atoms with Crippen molar-refractivity contribution in [3.05, 3.63) is 137 Å². The lowest BCUT2D eigenvalue weighted by Gasteiger charge is -2.19. The maximum Gasteiger partial charge on any atom is 0.0595 e. The zero-order valence-electron chi connectivity index (χ0n) is 32.4. The smallest absolute Gasteiger partial charge is 0.0595 e. The monoisotopic (exact) mass is 728 g/mol. The van der Waals surface area contributed by atoms with Gasteiger partial charge < -0.3 is 0 Å². The van der Waals surface area contributed by atoms with Gasteiger partial charge in [0.2, 0.25) is 0 Å². The highest BCUT2D eigenvalue weighted by Crippen LogP contribution is 2.30. The summed E-state index contributed by atoms with van der Waals surface area (Å²) in [5.41, 5.74) is 11.1. The topological polar surface area (TPSA) is 0 Å². The van der Waals surface area contributed by atoms with Crippen molar-refractivity contribution in [2.45, 2.75) is 132 Å². The lowest BCUT2D eigenvalue weighted by atomic mass is 9.85. The molecule has 0 amide bonds. The standard InChI is InChI=1S/C12H18.2C11H15Cl.C10H12Cl2/c1-9-6-7-11(8-10(9)2)12(3,4)5;1-8-7-9(11(2,3)4)5-6-10(8)12;1-8-5-6-9(7-10(8)12)11(2,3)4;1-10(2,3)7-4-5-8(11)9(12)6-7/h6-8H,1-5H3;2*5-7H,1-4H3;4-6H,1-3H3. The van der Waals surface area contributed by atoms with Crippen molar-refractivity contribution >= 4 is 46.4 Å². The van der Waals surface area contributed by atoms with Crippen molar-refractivity contribution in [1.29, 1.82) is 0 Å². The Hall–Kier alpha value is -1.96. The third kappa shape index (κ3) is 14.9. The Kier molecular flexibility index (Phi) is 16.3. The maximum atomic E-state index is 6.02. The fraction of sp³-hybridized carbons (Fsp3) is 0.455. The third-order valence-electron chi connectivity index (χ3n) is 8.22. The highest BCUT2D eigenvalue weighted by atomic mass is 35.5. The summed E-state index contributed by atoms with van der Waals surface area (Å²) in [6, 6.07) is 25.0. The zero-order valence-corrected chi connectivity index (χ0v) is 35.5. The Morgan fingerprint density at radius 2 is 0.604 bits per heavy atom. The van der Waals surface area contributed by atoms with Crippen molar-refractivity contribution in [2.75, 3.05) is 0 Å². The van der Waals surface area contributed by atoms with Gasteiger partial charge in [-0.05, 0) is 118 Å².